The fourth-order valence-corrected chi connectivity index (χ4v) is 7.43. The second kappa shape index (κ2) is 22.2. The third kappa shape index (κ3) is 14.8. The van der Waals surface area contributed by atoms with Crippen LogP contribution in [-0.2, 0) is 46.6 Å². The second-order valence-electron chi connectivity index (χ2n) is 16.1. The number of thiazole rings is 1. The van der Waals surface area contributed by atoms with Crippen LogP contribution in [0.15, 0.2) is 157 Å². The van der Waals surface area contributed by atoms with Crippen LogP contribution in [0.4, 0.5) is 16.4 Å². The highest BCUT2D eigenvalue weighted by Crippen LogP contribution is 2.24. The molecule has 0 aliphatic heterocycles. The molecular formula is C51H53N7O4S. The minimum atomic E-state index is -0.701. The van der Waals surface area contributed by atoms with Crippen LogP contribution >= 0.6 is 11.3 Å². The van der Waals surface area contributed by atoms with Gasteiger partial charge in [-0.3, -0.25) is 9.59 Å². The van der Waals surface area contributed by atoms with Crippen molar-refractivity contribution in [3.8, 4) is 22.3 Å². The summed E-state index contributed by atoms with van der Waals surface area (Å²) >= 11 is 1.56. The number of benzene rings is 4. The number of nitrogens with two attached hydrogens (primary N) is 2. The van der Waals surface area contributed by atoms with E-state index in [1.54, 1.807) is 50.6 Å². The van der Waals surface area contributed by atoms with Crippen molar-refractivity contribution in [2.24, 2.45) is 0 Å². The molecule has 3 heterocycles. The van der Waals surface area contributed by atoms with E-state index in [9.17, 15) is 14.4 Å². The van der Waals surface area contributed by atoms with Gasteiger partial charge in [-0.1, -0.05) is 109 Å². The summed E-state index contributed by atoms with van der Waals surface area (Å²) in [6.45, 7) is 5.94. The number of carbonyl (C=O) groups excluding carboxylic acids is 3. The van der Waals surface area contributed by atoms with Crippen molar-refractivity contribution in [3.63, 3.8) is 0 Å². The molecule has 0 aliphatic carbocycles. The lowest BCUT2D eigenvalue weighted by Gasteiger charge is -2.23. The van der Waals surface area contributed by atoms with Crippen molar-refractivity contribution in [2.45, 2.75) is 70.7 Å². The number of alkyl carbamates (subject to hydrolysis) is 1. The first-order valence-corrected chi connectivity index (χ1v) is 21.7. The maximum absolute atomic E-state index is 13.3. The van der Waals surface area contributed by atoms with Crippen molar-refractivity contribution >= 4 is 40.6 Å². The third-order valence-corrected chi connectivity index (χ3v) is 10.5. The predicted octanol–water partition coefficient (Wildman–Crippen LogP) is 8.88. The van der Waals surface area contributed by atoms with E-state index in [0.29, 0.717) is 37.4 Å². The molecule has 1 amide bonds. The van der Waals surface area contributed by atoms with Gasteiger partial charge >= 0.3 is 6.09 Å². The van der Waals surface area contributed by atoms with Gasteiger partial charge in [0.1, 0.15) is 17.2 Å². The number of ether oxygens (including phenoxy) is 1. The summed E-state index contributed by atoms with van der Waals surface area (Å²) in [5.41, 5.74) is 21.6. The predicted molar refractivity (Wildman–Crippen MR) is 252 cm³/mol. The fraction of sp³-hybridized carbons (Fsp3) is 0.216. The van der Waals surface area contributed by atoms with Crippen LogP contribution in [0, 0.1) is 0 Å². The average molecular weight is 860 g/mol. The lowest BCUT2D eigenvalue weighted by molar-refractivity contribution is -0.121. The summed E-state index contributed by atoms with van der Waals surface area (Å²) in [7, 11) is 0. The largest absolute Gasteiger partial charge is 0.444 e. The highest BCUT2D eigenvalue weighted by molar-refractivity contribution is 7.07. The molecule has 3 aromatic heterocycles. The van der Waals surface area contributed by atoms with Crippen LogP contribution < -0.4 is 22.1 Å². The Kier molecular flexibility index (Phi) is 16.0. The third-order valence-electron chi connectivity index (χ3n) is 9.89. The summed E-state index contributed by atoms with van der Waals surface area (Å²) in [4.78, 5) is 51.3. The number of pyridine rings is 2. The van der Waals surface area contributed by atoms with Gasteiger partial charge in [0.05, 0.1) is 23.3 Å². The van der Waals surface area contributed by atoms with E-state index in [1.165, 1.54) is 0 Å². The quantitative estimate of drug-likeness (QED) is 0.0735. The average Bonchev–Trinajstić information content (AvgIpc) is 3.79. The van der Waals surface area contributed by atoms with Gasteiger partial charge in [0.2, 0.25) is 0 Å². The van der Waals surface area contributed by atoms with E-state index in [0.717, 1.165) is 50.2 Å². The lowest BCUT2D eigenvalue weighted by Crippen LogP contribution is -2.45. The molecule has 0 unspecified atom stereocenters. The maximum atomic E-state index is 13.3. The number of amides is 1. The molecule has 0 saturated carbocycles. The van der Waals surface area contributed by atoms with Gasteiger partial charge in [-0.05, 0) is 102 Å². The van der Waals surface area contributed by atoms with Crippen molar-refractivity contribution in [2.75, 3.05) is 11.5 Å². The molecule has 6 N–H and O–H groups in total. The molecule has 0 aliphatic rings. The molecule has 2 atom stereocenters. The summed E-state index contributed by atoms with van der Waals surface area (Å²) in [5.74, 6) is 0.984. The van der Waals surface area contributed by atoms with E-state index in [4.69, 9.17) is 16.2 Å². The van der Waals surface area contributed by atoms with Crippen molar-refractivity contribution < 1.29 is 19.1 Å². The number of hydrogen-bond acceptors (Lipinski definition) is 11. The fourth-order valence-electron chi connectivity index (χ4n) is 6.87. The zero-order valence-electron chi connectivity index (χ0n) is 35.7. The van der Waals surface area contributed by atoms with Crippen LogP contribution in [0.1, 0.15) is 48.7 Å². The standard InChI is InChI=1S/C26H29N3O3.C25H24N4OS/c1-26(2,3)32-25(31)29-22(15-18-8-5-4-6-9-18)23(30)16-19-10-7-11-20(14-19)21-12-13-28-24(27)17-21;26-25-14-21(9-10-27-25)20-8-4-7-19(11-20)13-24(30)23(12-18-5-2-1-3-6-18)28-15-22-16-31-17-29-22/h4-14,17,22H,15-16H2,1-3H3,(H2,27,28)(H,29,31);1-11,14,16-17,23,28H,12-13,15H2,(H2,26,27)/t22-;23-/m00/s1. The Morgan fingerprint density at radius 2 is 1.08 bits per heavy atom. The molecule has 12 heteroatoms. The first kappa shape index (κ1) is 45.5. The molecule has 0 saturated heterocycles. The molecule has 7 rings (SSSR count). The SMILES string of the molecule is CC(C)(C)OC(=O)N[C@@H](Cc1ccccc1)C(=O)Cc1cccc(-c2ccnc(N)c2)c1.Nc1cc(-c2cccc(CC(=O)[C@H](Cc3ccccc3)NCc3cscn3)c2)ccn1. The number of carbonyl (C=O) groups is 3. The van der Waals surface area contributed by atoms with Crippen molar-refractivity contribution in [1.82, 2.24) is 25.6 Å². The Balaban J connectivity index is 0.000000210. The Labute approximate surface area is 373 Å². The second-order valence-corrected chi connectivity index (χ2v) is 16.8. The molecule has 0 bridgehead atoms. The van der Waals surface area contributed by atoms with E-state index in [2.05, 4.69) is 37.7 Å². The monoisotopic (exact) mass is 859 g/mol. The zero-order valence-corrected chi connectivity index (χ0v) is 36.6. The molecule has 7 aromatic rings. The molecular weight excluding hydrogens is 807 g/mol. The smallest absolute Gasteiger partial charge is 0.408 e. The first-order chi connectivity index (χ1) is 30.4. The highest BCUT2D eigenvalue weighted by atomic mass is 32.1. The number of anilines is 2. The van der Waals surface area contributed by atoms with Crippen molar-refractivity contribution in [1.29, 1.82) is 0 Å². The van der Waals surface area contributed by atoms with Gasteiger partial charge in [0, 0.05) is 37.2 Å². The summed E-state index contributed by atoms with van der Waals surface area (Å²) in [5, 5.41) is 8.18. The molecule has 4 aromatic carbocycles. The van der Waals surface area contributed by atoms with Crippen LogP contribution in [0.3, 0.4) is 0 Å². The number of hydrogen-bond donors (Lipinski definition) is 4. The Bertz CT molecular complexity index is 2560. The minimum absolute atomic E-state index is 0.0916. The summed E-state index contributed by atoms with van der Waals surface area (Å²) < 4.78 is 5.37. The van der Waals surface area contributed by atoms with Gasteiger partial charge in [0.25, 0.3) is 0 Å². The molecule has 0 fully saturated rings. The van der Waals surface area contributed by atoms with Crippen molar-refractivity contribution in [3.05, 3.63) is 185 Å². The van der Waals surface area contributed by atoms with Gasteiger partial charge in [-0.25, -0.2) is 19.7 Å². The minimum Gasteiger partial charge on any atom is -0.444 e. The van der Waals surface area contributed by atoms with E-state index < -0.39 is 17.7 Å². The van der Waals surface area contributed by atoms with E-state index in [-0.39, 0.29) is 24.0 Å². The van der Waals surface area contributed by atoms with Crippen LogP contribution in [-0.4, -0.2) is 50.3 Å². The number of rotatable bonds is 16. The maximum Gasteiger partial charge on any atom is 0.408 e. The molecule has 63 heavy (non-hydrogen) atoms. The van der Waals surface area contributed by atoms with Crippen LogP contribution in [0.2, 0.25) is 0 Å². The molecule has 0 spiro atoms. The molecule has 11 nitrogen and oxygen atoms in total. The highest BCUT2D eigenvalue weighted by Gasteiger charge is 2.25. The topological polar surface area (TPSA) is 175 Å². The van der Waals surface area contributed by atoms with E-state index >= 15 is 0 Å². The normalized spacial score (nSPS) is 12.0. The number of ketones is 2. The number of nitrogen functional groups attached to an aromatic ring is 2. The van der Waals surface area contributed by atoms with Gasteiger partial charge in [-0.15, -0.1) is 11.3 Å². The Hall–Kier alpha value is -7.02. The molecule has 322 valence electrons. The van der Waals surface area contributed by atoms with Gasteiger partial charge in [0.15, 0.2) is 11.6 Å². The molecule has 0 radical (unpaired) electrons. The lowest BCUT2D eigenvalue weighted by atomic mass is 9.96. The van der Waals surface area contributed by atoms with Crippen LogP contribution in [0.25, 0.3) is 22.3 Å². The zero-order chi connectivity index (χ0) is 44.6. The summed E-state index contributed by atoms with van der Waals surface area (Å²) in [6, 6.07) is 41.9. The van der Waals surface area contributed by atoms with Gasteiger partial charge < -0.3 is 26.8 Å². The van der Waals surface area contributed by atoms with Gasteiger partial charge in [-0.2, -0.15) is 0 Å². The number of Topliss-reactive ketones (excluding diaryl/α,β-unsaturated/α-hetero) is 2. The van der Waals surface area contributed by atoms with Crippen LogP contribution in [0.5, 0.6) is 0 Å². The number of aromatic nitrogens is 3. The number of nitrogens with zero attached hydrogens (tertiary/aromatic N) is 3. The first-order valence-electron chi connectivity index (χ1n) is 20.7. The Morgan fingerprint density at radius 1 is 0.603 bits per heavy atom. The summed E-state index contributed by atoms with van der Waals surface area (Å²) in [6.07, 6.45) is 4.32. The van der Waals surface area contributed by atoms with E-state index in [1.807, 2.05) is 126 Å². The number of nitrogens with one attached hydrogen (secondary N) is 2. The Morgan fingerprint density at radius 3 is 1.56 bits per heavy atom.